The van der Waals surface area contributed by atoms with E-state index in [9.17, 15) is 9.59 Å². The summed E-state index contributed by atoms with van der Waals surface area (Å²) in [6.07, 6.45) is -0.287. The van der Waals surface area contributed by atoms with Gasteiger partial charge in [-0.3, -0.25) is 4.79 Å². The molecule has 2 rings (SSSR count). The summed E-state index contributed by atoms with van der Waals surface area (Å²) in [6, 6.07) is 13.3. The Kier molecular flexibility index (Phi) is 9.18. The van der Waals surface area contributed by atoms with E-state index in [-0.39, 0.29) is 17.3 Å². The normalized spacial score (nSPS) is 11.9. The fourth-order valence-electron chi connectivity index (χ4n) is 2.40. The molecule has 0 bridgehead atoms. The fraction of sp³-hybridized carbons (Fsp3) is 0.250. The van der Waals surface area contributed by atoms with Crippen LogP contribution in [0.3, 0.4) is 0 Å². The van der Waals surface area contributed by atoms with Crippen LogP contribution in [0.15, 0.2) is 48.5 Å². The summed E-state index contributed by atoms with van der Waals surface area (Å²) in [4.78, 5) is 23.4. The fourth-order valence-corrected chi connectivity index (χ4v) is 2.96. The molecule has 4 N–H and O–H groups in total. The first-order valence-electron chi connectivity index (χ1n) is 9.07. The molecular weight excluding hydrogens is 485 g/mol. The van der Waals surface area contributed by atoms with Gasteiger partial charge in [0.2, 0.25) is 3.79 Å². The minimum absolute atomic E-state index is 0.00948. The van der Waals surface area contributed by atoms with Crippen molar-refractivity contribution in [2.45, 2.75) is 23.3 Å². The second kappa shape index (κ2) is 11.4. The summed E-state index contributed by atoms with van der Waals surface area (Å²) in [7, 11) is 0. The van der Waals surface area contributed by atoms with Gasteiger partial charge in [0.1, 0.15) is 11.9 Å². The van der Waals surface area contributed by atoms with Crippen molar-refractivity contribution in [1.82, 2.24) is 10.6 Å². The maximum atomic E-state index is 12.3. The first-order valence-corrected chi connectivity index (χ1v) is 10.6. The van der Waals surface area contributed by atoms with E-state index in [2.05, 4.69) is 16.0 Å². The lowest BCUT2D eigenvalue weighted by molar-refractivity contribution is -0.123. The molecule has 0 aromatic heterocycles. The van der Waals surface area contributed by atoms with Crippen LogP contribution in [-0.2, 0) is 11.2 Å². The van der Waals surface area contributed by atoms with Gasteiger partial charge in [0.05, 0.1) is 5.56 Å². The number of anilines is 1. The van der Waals surface area contributed by atoms with E-state index in [0.29, 0.717) is 11.4 Å². The third-order valence-electron chi connectivity index (χ3n) is 3.98. The SMILES string of the molecule is CCc1ccc(OCC(=O)NC(NC(=S)Nc2cccc(C(=O)O)c2)C(Cl)(Cl)Cl)cc1. The van der Waals surface area contributed by atoms with E-state index in [1.54, 1.807) is 24.3 Å². The predicted octanol–water partition coefficient (Wildman–Crippen LogP) is 4.13. The number of carbonyl (C=O) groups is 2. The lowest BCUT2D eigenvalue weighted by atomic mass is 10.2. The highest BCUT2D eigenvalue weighted by Gasteiger charge is 2.34. The van der Waals surface area contributed by atoms with Gasteiger partial charge in [-0.05, 0) is 54.5 Å². The van der Waals surface area contributed by atoms with Crippen LogP contribution in [0.2, 0.25) is 0 Å². The molecule has 11 heteroatoms. The van der Waals surface area contributed by atoms with E-state index in [0.717, 1.165) is 12.0 Å². The third kappa shape index (κ3) is 8.41. The number of thiocarbonyl (C=S) groups is 1. The Balaban J connectivity index is 1.94. The molecule has 0 radical (unpaired) electrons. The first-order chi connectivity index (χ1) is 14.6. The Hall–Kier alpha value is -2.26. The van der Waals surface area contributed by atoms with Crippen molar-refractivity contribution in [3.63, 3.8) is 0 Å². The van der Waals surface area contributed by atoms with Crippen LogP contribution in [0.25, 0.3) is 0 Å². The van der Waals surface area contributed by atoms with Gasteiger partial charge in [-0.15, -0.1) is 0 Å². The number of amides is 1. The molecule has 0 aliphatic rings. The molecule has 1 unspecified atom stereocenters. The number of alkyl halides is 3. The van der Waals surface area contributed by atoms with Gasteiger partial charge in [0, 0.05) is 5.69 Å². The molecule has 0 fully saturated rings. The number of hydrogen-bond donors (Lipinski definition) is 4. The molecule has 0 spiro atoms. The van der Waals surface area contributed by atoms with Crippen LogP contribution in [0.4, 0.5) is 5.69 Å². The molecule has 1 atom stereocenters. The Morgan fingerprint density at radius 3 is 2.39 bits per heavy atom. The van der Waals surface area contributed by atoms with Gasteiger partial charge in [-0.2, -0.15) is 0 Å². The molecular formula is C20H20Cl3N3O4S. The Morgan fingerprint density at radius 1 is 1.13 bits per heavy atom. The molecule has 0 aliphatic heterocycles. The number of aromatic carboxylic acids is 1. The molecule has 2 aromatic carbocycles. The Labute approximate surface area is 200 Å². The molecule has 166 valence electrons. The number of nitrogens with one attached hydrogen (secondary N) is 3. The molecule has 0 heterocycles. The van der Waals surface area contributed by atoms with E-state index >= 15 is 0 Å². The van der Waals surface area contributed by atoms with E-state index in [1.165, 1.54) is 12.1 Å². The average Bonchev–Trinajstić information content (AvgIpc) is 2.71. The van der Waals surface area contributed by atoms with Crippen LogP contribution in [0.5, 0.6) is 5.75 Å². The molecule has 2 aromatic rings. The average molecular weight is 505 g/mol. The van der Waals surface area contributed by atoms with Crippen molar-refractivity contribution in [3.05, 3.63) is 59.7 Å². The van der Waals surface area contributed by atoms with Gasteiger partial charge < -0.3 is 25.8 Å². The maximum Gasteiger partial charge on any atom is 0.335 e. The van der Waals surface area contributed by atoms with Crippen molar-refractivity contribution in [3.8, 4) is 5.75 Å². The van der Waals surface area contributed by atoms with Gasteiger partial charge in [-0.1, -0.05) is 59.9 Å². The molecule has 1 amide bonds. The van der Waals surface area contributed by atoms with Crippen LogP contribution < -0.4 is 20.7 Å². The van der Waals surface area contributed by atoms with Gasteiger partial charge in [-0.25, -0.2) is 4.79 Å². The standard InChI is InChI=1S/C20H20Cl3N3O4S/c1-2-12-6-8-15(9-7-12)30-11-16(27)25-18(20(21,22)23)26-19(31)24-14-5-3-4-13(10-14)17(28)29/h3-10,18H,2,11H2,1H3,(H,25,27)(H,28,29)(H2,24,26,31). The quantitative estimate of drug-likeness (QED) is 0.244. The van der Waals surface area contributed by atoms with Crippen molar-refractivity contribution >= 4 is 69.7 Å². The second-order valence-electron chi connectivity index (χ2n) is 6.31. The van der Waals surface area contributed by atoms with Crippen LogP contribution in [0, 0.1) is 0 Å². The smallest absolute Gasteiger partial charge is 0.335 e. The number of ether oxygens (including phenoxy) is 1. The number of benzene rings is 2. The minimum Gasteiger partial charge on any atom is -0.484 e. The molecule has 0 aliphatic carbocycles. The van der Waals surface area contributed by atoms with Crippen molar-refractivity contribution < 1.29 is 19.4 Å². The maximum absolute atomic E-state index is 12.3. The summed E-state index contributed by atoms with van der Waals surface area (Å²) < 4.78 is 3.51. The first kappa shape index (κ1) is 25.0. The lowest BCUT2D eigenvalue weighted by Gasteiger charge is -2.27. The van der Waals surface area contributed by atoms with Crippen molar-refractivity contribution in [2.75, 3.05) is 11.9 Å². The highest BCUT2D eigenvalue weighted by Crippen LogP contribution is 2.29. The summed E-state index contributed by atoms with van der Waals surface area (Å²) in [5.41, 5.74) is 1.63. The molecule has 31 heavy (non-hydrogen) atoms. The summed E-state index contributed by atoms with van der Waals surface area (Å²) in [5, 5.41) is 17.0. The monoisotopic (exact) mass is 503 g/mol. The summed E-state index contributed by atoms with van der Waals surface area (Å²) in [6.45, 7) is 1.74. The number of carbonyl (C=O) groups excluding carboxylic acids is 1. The number of carboxylic acid groups (broad SMARTS) is 1. The van der Waals surface area contributed by atoms with E-state index < -0.39 is 21.8 Å². The highest BCUT2D eigenvalue weighted by atomic mass is 35.6. The van der Waals surface area contributed by atoms with E-state index in [4.69, 9.17) is 56.9 Å². The number of hydrogen-bond acceptors (Lipinski definition) is 4. The van der Waals surface area contributed by atoms with Crippen molar-refractivity contribution in [1.29, 1.82) is 0 Å². The highest BCUT2D eigenvalue weighted by molar-refractivity contribution is 7.80. The lowest BCUT2D eigenvalue weighted by Crippen LogP contribution is -2.56. The largest absolute Gasteiger partial charge is 0.484 e. The van der Waals surface area contributed by atoms with Crippen LogP contribution in [0.1, 0.15) is 22.8 Å². The number of carboxylic acids is 1. The number of rotatable bonds is 8. The second-order valence-corrected chi connectivity index (χ2v) is 9.09. The van der Waals surface area contributed by atoms with Gasteiger partial charge in [0.15, 0.2) is 11.7 Å². The third-order valence-corrected chi connectivity index (χ3v) is 4.85. The van der Waals surface area contributed by atoms with E-state index in [1.807, 2.05) is 19.1 Å². The topological polar surface area (TPSA) is 99.7 Å². The number of aryl methyl sites for hydroxylation is 1. The van der Waals surface area contributed by atoms with Crippen LogP contribution >= 0.6 is 47.0 Å². The molecule has 0 saturated heterocycles. The molecule has 0 saturated carbocycles. The number of halogens is 3. The summed E-state index contributed by atoms with van der Waals surface area (Å²) in [5.74, 6) is -1.10. The zero-order valence-electron chi connectivity index (χ0n) is 16.3. The summed E-state index contributed by atoms with van der Waals surface area (Å²) >= 11 is 23.0. The Bertz CT molecular complexity index is 936. The van der Waals surface area contributed by atoms with Gasteiger partial charge in [0.25, 0.3) is 5.91 Å². The molecule has 7 nitrogen and oxygen atoms in total. The Morgan fingerprint density at radius 2 is 1.81 bits per heavy atom. The van der Waals surface area contributed by atoms with Gasteiger partial charge >= 0.3 is 5.97 Å². The van der Waals surface area contributed by atoms with Crippen molar-refractivity contribution in [2.24, 2.45) is 0 Å². The zero-order valence-corrected chi connectivity index (χ0v) is 19.4. The zero-order chi connectivity index (χ0) is 23.0. The predicted molar refractivity (Wildman–Crippen MR) is 126 cm³/mol. The minimum atomic E-state index is -1.94. The van der Waals surface area contributed by atoms with Crippen LogP contribution in [-0.4, -0.2) is 38.7 Å².